The summed E-state index contributed by atoms with van der Waals surface area (Å²) in [6, 6.07) is 13.1. The lowest BCUT2D eigenvalue weighted by Crippen LogP contribution is -2.21. The SMILES string of the molecule is CCN(C)c1ccc2nc3ccc(N(CC)CC)cc3[s+]c2c1. The number of nitrogens with zero attached hydrogens (tertiary/aromatic N) is 3. The summed E-state index contributed by atoms with van der Waals surface area (Å²) in [5, 5.41) is 0. The second kappa shape index (κ2) is 6.67. The van der Waals surface area contributed by atoms with E-state index in [2.05, 4.69) is 74.0 Å². The third-order valence-corrected chi connectivity index (χ3v) is 5.49. The monoisotopic (exact) mass is 326 g/mol. The molecule has 0 atom stereocenters. The van der Waals surface area contributed by atoms with Gasteiger partial charge in [0.25, 0.3) is 9.40 Å². The smallest absolute Gasteiger partial charge is 0.259 e. The molecule has 4 heteroatoms. The first-order valence-corrected chi connectivity index (χ1v) is 9.11. The lowest BCUT2D eigenvalue weighted by molar-refractivity contribution is 0.867. The molecule has 0 unspecified atom stereocenters. The highest BCUT2D eigenvalue weighted by atomic mass is 32.1. The van der Waals surface area contributed by atoms with Crippen molar-refractivity contribution in [2.75, 3.05) is 36.5 Å². The van der Waals surface area contributed by atoms with Gasteiger partial charge in [-0.1, -0.05) is 0 Å². The maximum absolute atomic E-state index is 4.83. The van der Waals surface area contributed by atoms with Crippen LogP contribution in [-0.2, 0) is 0 Å². The Balaban J connectivity index is 2.13. The molecule has 0 N–H and O–H groups in total. The predicted molar refractivity (Wildman–Crippen MR) is 104 cm³/mol. The van der Waals surface area contributed by atoms with E-state index in [1.54, 1.807) is 0 Å². The van der Waals surface area contributed by atoms with Crippen LogP contribution in [0.1, 0.15) is 20.8 Å². The quantitative estimate of drug-likeness (QED) is 0.484. The van der Waals surface area contributed by atoms with Crippen molar-refractivity contribution < 1.29 is 0 Å². The van der Waals surface area contributed by atoms with Crippen LogP contribution < -0.4 is 9.80 Å². The predicted octanol–water partition coefficient (Wildman–Crippen LogP) is 5.03. The van der Waals surface area contributed by atoms with E-state index in [0.717, 1.165) is 30.7 Å². The molecule has 0 spiro atoms. The maximum Gasteiger partial charge on any atom is 0.259 e. The van der Waals surface area contributed by atoms with E-state index in [9.17, 15) is 0 Å². The van der Waals surface area contributed by atoms with Crippen molar-refractivity contribution in [1.82, 2.24) is 4.98 Å². The Labute approximate surface area is 142 Å². The Morgan fingerprint density at radius 1 is 0.826 bits per heavy atom. The molecule has 0 amide bonds. The molecular formula is C19H24N3S+. The number of rotatable bonds is 5. The van der Waals surface area contributed by atoms with E-state index in [0.29, 0.717) is 0 Å². The van der Waals surface area contributed by atoms with Gasteiger partial charge in [0, 0.05) is 50.2 Å². The molecule has 1 heterocycles. The van der Waals surface area contributed by atoms with Gasteiger partial charge in [0.05, 0.1) is 0 Å². The van der Waals surface area contributed by atoms with Gasteiger partial charge in [-0.25, -0.2) is 4.98 Å². The van der Waals surface area contributed by atoms with Crippen molar-refractivity contribution in [1.29, 1.82) is 0 Å². The molecule has 0 aliphatic rings. The Morgan fingerprint density at radius 2 is 1.39 bits per heavy atom. The molecular weight excluding hydrogens is 302 g/mol. The number of anilines is 2. The summed E-state index contributed by atoms with van der Waals surface area (Å²) in [6.07, 6.45) is 0. The summed E-state index contributed by atoms with van der Waals surface area (Å²) in [4.78, 5) is 9.45. The zero-order chi connectivity index (χ0) is 16.4. The van der Waals surface area contributed by atoms with Crippen molar-refractivity contribution in [2.24, 2.45) is 0 Å². The standard InChI is InChI=1S/C19H24N3S/c1-5-21(4)14-8-10-16-18(12-14)23-19-13-15(22(6-2)7-3)9-11-17(19)20-16/h8-13H,5-7H2,1-4H3/q+1. The van der Waals surface area contributed by atoms with E-state index in [1.807, 2.05) is 11.3 Å². The van der Waals surface area contributed by atoms with Crippen LogP contribution in [-0.4, -0.2) is 31.7 Å². The second-order valence-corrected chi connectivity index (χ2v) is 6.79. The van der Waals surface area contributed by atoms with Crippen molar-refractivity contribution in [2.45, 2.75) is 20.8 Å². The van der Waals surface area contributed by atoms with E-state index in [4.69, 9.17) is 4.98 Å². The maximum atomic E-state index is 4.83. The van der Waals surface area contributed by atoms with Gasteiger partial charge in [0.1, 0.15) is 11.0 Å². The second-order valence-electron chi connectivity index (χ2n) is 5.70. The van der Waals surface area contributed by atoms with Crippen LogP contribution in [0.15, 0.2) is 36.4 Å². The lowest BCUT2D eigenvalue weighted by atomic mass is 10.2. The Bertz CT molecular complexity index is 827. The zero-order valence-corrected chi connectivity index (χ0v) is 15.2. The van der Waals surface area contributed by atoms with Crippen LogP contribution in [0, 0.1) is 0 Å². The zero-order valence-electron chi connectivity index (χ0n) is 14.3. The fourth-order valence-corrected chi connectivity index (χ4v) is 3.84. The van der Waals surface area contributed by atoms with Crippen LogP contribution in [0.4, 0.5) is 11.4 Å². The molecule has 0 aliphatic carbocycles. The Morgan fingerprint density at radius 3 is 1.96 bits per heavy atom. The summed E-state index contributed by atoms with van der Waals surface area (Å²) in [5.74, 6) is 0. The molecule has 23 heavy (non-hydrogen) atoms. The summed E-state index contributed by atoms with van der Waals surface area (Å²) < 4.78 is 2.49. The minimum atomic E-state index is 1.00. The minimum Gasteiger partial charge on any atom is -0.375 e. The van der Waals surface area contributed by atoms with Gasteiger partial charge in [-0.2, -0.15) is 0 Å². The normalized spacial score (nSPS) is 11.1. The largest absolute Gasteiger partial charge is 0.375 e. The first-order valence-electron chi connectivity index (χ1n) is 8.30. The number of hydrogen-bond donors (Lipinski definition) is 0. The van der Waals surface area contributed by atoms with Crippen molar-refractivity contribution in [3.05, 3.63) is 36.4 Å². The first kappa shape index (κ1) is 15.9. The molecule has 2 aromatic carbocycles. The number of hydrogen-bond acceptors (Lipinski definition) is 3. The fourth-order valence-electron chi connectivity index (χ4n) is 2.81. The van der Waals surface area contributed by atoms with Gasteiger partial charge in [0.15, 0.2) is 0 Å². The highest BCUT2D eigenvalue weighted by Crippen LogP contribution is 2.31. The fraction of sp³-hybridized carbons (Fsp3) is 0.368. The summed E-state index contributed by atoms with van der Waals surface area (Å²) >= 11 is 1.83. The van der Waals surface area contributed by atoms with E-state index in [1.165, 1.54) is 20.8 Å². The van der Waals surface area contributed by atoms with Crippen LogP contribution in [0.3, 0.4) is 0 Å². The molecule has 0 saturated carbocycles. The van der Waals surface area contributed by atoms with Gasteiger partial charge in [-0.05, 0) is 45.0 Å². The first-order chi connectivity index (χ1) is 11.2. The molecule has 3 aromatic rings. The molecule has 3 nitrogen and oxygen atoms in total. The van der Waals surface area contributed by atoms with Crippen LogP contribution >= 0.6 is 11.3 Å². The van der Waals surface area contributed by atoms with Gasteiger partial charge in [0.2, 0.25) is 11.3 Å². The summed E-state index contributed by atoms with van der Waals surface area (Å²) in [7, 11) is 2.12. The molecule has 0 fully saturated rings. The molecule has 0 radical (unpaired) electrons. The van der Waals surface area contributed by atoms with E-state index in [-0.39, 0.29) is 0 Å². The summed E-state index contributed by atoms with van der Waals surface area (Å²) in [6.45, 7) is 9.62. The van der Waals surface area contributed by atoms with Crippen molar-refractivity contribution >= 4 is 43.1 Å². The molecule has 120 valence electrons. The van der Waals surface area contributed by atoms with Gasteiger partial charge < -0.3 is 9.80 Å². The van der Waals surface area contributed by atoms with Crippen molar-refractivity contribution in [3.8, 4) is 0 Å². The van der Waals surface area contributed by atoms with Crippen LogP contribution in [0.2, 0.25) is 0 Å². The molecule has 1 aromatic heterocycles. The van der Waals surface area contributed by atoms with Crippen LogP contribution in [0.25, 0.3) is 20.4 Å². The number of aromatic nitrogens is 1. The highest BCUT2D eigenvalue weighted by molar-refractivity contribution is 7.24. The van der Waals surface area contributed by atoms with Gasteiger partial charge in [-0.15, -0.1) is 0 Å². The van der Waals surface area contributed by atoms with Gasteiger partial charge >= 0.3 is 0 Å². The van der Waals surface area contributed by atoms with E-state index < -0.39 is 0 Å². The minimum absolute atomic E-state index is 1.00. The number of fused-ring (bicyclic) bond motifs is 2. The third-order valence-electron chi connectivity index (χ3n) is 4.39. The third kappa shape index (κ3) is 3.08. The highest BCUT2D eigenvalue weighted by Gasteiger charge is 2.15. The molecule has 3 rings (SSSR count). The molecule has 0 saturated heterocycles. The van der Waals surface area contributed by atoms with E-state index >= 15 is 0 Å². The number of benzene rings is 2. The summed E-state index contributed by atoms with van der Waals surface area (Å²) in [5.41, 5.74) is 4.68. The Hall–Kier alpha value is -1.94. The molecule has 0 bridgehead atoms. The average Bonchev–Trinajstić information content (AvgIpc) is 2.59. The van der Waals surface area contributed by atoms with Crippen molar-refractivity contribution in [3.63, 3.8) is 0 Å². The lowest BCUT2D eigenvalue weighted by Gasteiger charge is -2.20. The topological polar surface area (TPSA) is 19.4 Å². The average molecular weight is 326 g/mol. The van der Waals surface area contributed by atoms with Crippen LogP contribution in [0.5, 0.6) is 0 Å². The molecule has 0 aliphatic heterocycles. The Kier molecular flexibility index (Phi) is 4.62. The van der Waals surface area contributed by atoms with Gasteiger partial charge in [-0.3, -0.25) is 0 Å².